The van der Waals surface area contributed by atoms with Gasteiger partial charge in [-0.05, 0) is 30.5 Å². The minimum absolute atomic E-state index is 0.00851. The molecule has 0 heterocycles. The van der Waals surface area contributed by atoms with E-state index >= 15 is 0 Å². The lowest BCUT2D eigenvalue weighted by Gasteiger charge is -2.24. The first-order valence-electron chi connectivity index (χ1n) is 6.91. The van der Waals surface area contributed by atoms with Gasteiger partial charge >= 0.3 is 6.18 Å². The Morgan fingerprint density at radius 1 is 1.19 bits per heavy atom. The van der Waals surface area contributed by atoms with Gasteiger partial charge in [-0.15, -0.1) is 0 Å². The van der Waals surface area contributed by atoms with Crippen LogP contribution in [0.15, 0.2) is 24.3 Å². The van der Waals surface area contributed by atoms with E-state index in [1.54, 1.807) is 0 Å². The molecule has 0 aromatic heterocycles. The van der Waals surface area contributed by atoms with E-state index in [4.69, 9.17) is 0 Å². The summed E-state index contributed by atoms with van der Waals surface area (Å²) in [7, 11) is 0. The van der Waals surface area contributed by atoms with Crippen molar-refractivity contribution in [3.63, 3.8) is 0 Å². The van der Waals surface area contributed by atoms with Gasteiger partial charge in [0.05, 0.1) is 0 Å². The highest BCUT2D eigenvalue weighted by atomic mass is 19.4. The molecule has 0 spiro atoms. The molecular weight excluding hydrogens is 286 g/mol. The van der Waals surface area contributed by atoms with E-state index in [-0.39, 0.29) is 18.8 Å². The number of halogens is 4. The maximum atomic E-state index is 12.7. The van der Waals surface area contributed by atoms with Gasteiger partial charge < -0.3 is 4.90 Å². The maximum Gasteiger partial charge on any atom is 0.406 e. The molecule has 2 nitrogen and oxygen atoms in total. The van der Waals surface area contributed by atoms with Crippen LogP contribution in [0, 0.1) is 5.82 Å². The Balaban J connectivity index is 2.56. The van der Waals surface area contributed by atoms with E-state index in [2.05, 4.69) is 0 Å². The van der Waals surface area contributed by atoms with Crippen molar-refractivity contribution in [3.8, 4) is 0 Å². The monoisotopic (exact) mass is 305 g/mol. The van der Waals surface area contributed by atoms with E-state index < -0.39 is 18.6 Å². The molecule has 1 amide bonds. The summed E-state index contributed by atoms with van der Waals surface area (Å²) < 4.78 is 50.1. The topological polar surface area (TPSA) is 20.3 Å². The van der Waals surface area contributed by atoms with Crippen molar-refractivity contribution < 1.29 is 22.4 Å². The Bertz CT molecular complexity index is 442. The number of amides is 1. The summed E-state index contributed by atoms with van der Waals surface area (Å²) in [6.45, 7) is 0.752. The van der Waals surface area contributed by atoms with Gasteiger partial charge in [-0.1, -0.05) is 25.5 Å². The molecule has 0 N–H and O–H groups in total. The van der Waals surface area contributed by atoms with Gasteiger partial charge in [0.2, 0.25) is 5.91 Å². The third kappa shape index (κ3) is 7.11. The lowest BCUT2D eigenvalue weighted by Crippen LogP contribution is -2.39. The highest BCUT2D eigenvalue weighted by Gasteiger charge is 2.32. The summed E-state index contributed by atoms with van der Waals surface area (Å²) in [5.41, 5.74) is 0.729. The molecule has 21 heavy (non-hydrogen) atoms. The molecule has 0 unspecified atom stereocenters. The van der Waals surface area contributed by atoms with Crippen LogP contribution in [0.2, 0.25) is 0 Å². The summed E-state index contributed by atoms with van der Waals surface area (Å²) in [6.07, 6.45) is -2.83. The minimum Gasteiger partial charge on any atom is -0.334 e. The van der Waals surface area contributed by atoms with E-state index in [1.165, 1.54) is 24.3 Å². The van der Waals surface area contributed by atoms with Crippen molar-refractivity contribution in [1.82, 2.24) is 4.90 Å². The number of alkyl halides is 3. The summed E-state index contributed by atoms with van der Waals surface area (Å²) in [5, 5.41) is 0. The Morgan fingerprint density at radius 2 is 1.81 bits per heavy atom. The zero-order valence-corrected chi connectivity index (χ0v) is 11.9. The first kappa shape index (κ1) is 17.5. The Labute approximate surface area is 121 Å². The van der Waals surface area contributed by atoms with Crippen molar-refractivity contribution in [1.29, 1.82) is 0 Å². The number of carbonyl (C=O) groups excluding carboxylic acids is 1. The molecular formula is C15H19F4NO. The van der Waals surface area contributed by atoms with E-state index in [1.807, 2.05) is 6.92 Å². The van der Waals surface area contributed by atoms with Gasteiger partial charge in [0, 0.05) is 13.0 Å². The number of nitrogens with zero attached hydrogens (tertiary/aromatic N) is 1. The van der Waals surface area contributed by atoms with Crippen molar-refractivity contribution in [2.75, 3.05) is 13.1 Å². The predicted octanol–water partition coefficient (Wildman–Crippen LogP) is 3.95. The van der Waals surface area contributed by atoms with Crippen molar-refractivity contribution in [2.24, 2.45) is 0 Å². The fraction of sp³-hybridized carbons (Fsp3) is 0.533. The van der Waals surface area contributed by atoms with Gasteiger partial charge in [-0.25, -0.2) is 4.39 Å². The average Bonchev–Trinajstić information content (AvgIpc) is 2.41. The summed E-state index contributed by atoms with van der Waals surface area (Å²) >= 11 is 0. The molecule has 0 saturated heterocycles. The molecule has 0 saturated carbocycles. The second-order valence-corrected chi connectivity index (χ2v) is 4.91. The Hall–Kier alpha value is -1.59. The van der Waals surface area contributed by atoms with Crippen LogP contribution in [0.1, 0.15) is 31.7 Å². The van der Waals surface area contributed by atoms with E-state index in [9.17, 15) is 22.4 Å². The third-order valence-corrected chi connectivity index (χ3v) is 3.05. The van der Waals surface area contributed by atoms with Crippen molar-refractivity contribution in [3.05, 3.63) is 35.6 Å². The molecule has 0 aliphatic carbocycles. The van der Waals surface area contributed by atoms with Gasteiger partial charge in [-0.2, -0.15) is 13.2 Å². The van der Waals surface area contributed by atoms with Gasteiger partial charge in [-0.3, -0.25) is 4.79 Å². The van der Waals surface area contributed by atoms with Gasteiger partial charge in [0.25, 0.3) is 0 Å². The highest BCUT2D eigenvalue weighted by molar-refractivity contribution is 5.76. The summed E-state index contributed by atoms with van der Waals surface area (Å²) in [6, 6.07) is 5.60. The first-order valence-corrected chi connectivity index (χ1v) is 6.91. The standard InChI is InChI=1S/C15H19F4NO/c1-2-3-10-20(11-15(17,18)19)14(21)9-6-12-4-7-13(16)8-5-12/h4-5,7-8H,2-3,6,9-11H2,1H3. The molecule has 0 fully saturated rings. The number of unbranched alkanes of at least 4 members (excludes halogenated alkanes) is 1. The minimum atomic E-state index is -4.39. The average molecular weight is 305 g/mol. The van der Waals surface area contributed by atoms with Crippen LogP contribution in [0.3, 0.4) is 0 Å². The molecule has 6 heteroatoms. The first-order chi connectivity index (χ1) is 9.81. The molecule has 118 valence electrons. The van der Waals surface area contributed by atoms with Crippen LogP contribution in [0.4, 0.5) is 17.6 Å². The molecule has 0 radical (unpaired) electrons. The van der Waals surface area contributed by atoms with Crippen molar-refractivity contribution in [2.45, 2.75) is 38.8 Å². The zero-order valence-electron chi connectivity index (χ0n) is 11.9. The molecule has 0 atom stereocenters. The fourth-order valence-electron chi connectivity index (χ4n) is 1.92. The van der Waals surface area contributed by atoms with Gasteiger partial charge in [0.1, 0.15) is 12.4 Å². The Morgan fingerprint density at radius 3 is 2.33 bits per heavy atom. The predicted molar refractivity (Wildman–Crippen MR) is 72.3 cm³/mol. The number of rotatable bonds is 7. The molecule has 1 aromatic carbocycles. The quantitative estimate of drug-likeness (QED) is 0.699. The van der Waals surface area contributed by atoms with E-state index in [0.717, 1.165) is 16.9 Å². The van der Waals surface area contributed by atoms with Crippen LogP contribution in [-0.4, -0.2) is 30.1 Å². The number of aryl methyl sites for hydroxylation is 1. The molecule has 0 aliphatic rings. The number of hydrogen-bond acceptors (Lipinski definition) is 1. The molecule has 0 bridgehead atoms. The summed E-state index contributed by atoms with van der Waals surface area (Å²) in [4.78, 5) is 12.8. The lowest BCUT2D eigenvalue weighted by atomic mass is 10.1. The number of benzene rings is 1. The Kier molecular flexibility index (Phi) is 6.65. The van der Waals surface area contributed by atoms with Crippen molar-refractivity contribution >= 4 is 5.91 Å². The van der Waals surface area contributed by atoms with Crippen LogP contribution in [-0.2, 0) is 11.2 Å². The second-order valence-electron chi connectivity index (χ2n) is 4.91. The zero-order chi connectivity index (χ0) is 15.9. The maximum absolute atomic E-state index is 12.7. The molecule has 1 rings (SSSR count). The van der Waals surface area contributed by atoms with E-state index in [0.29, 0.717) is 12.8 Å². The highest BCUT2D eigenvalue weighted by Crippen LogP contribution is 2.18. The van der Waals surface area contributed by atoms with Crippen LogP contribution >= 0.6 is 0 Å². The number of carbonyl (C=O) groups is 1. The lowest BCUT2D eigenvalue weighted by molar-refractivity contribution is -0.161. The molecule has 1 aromatic rings. The van der Waals surface area contributed by atoms with Gasteiger partial charge in [0.15, 0.2) is 0 Å². The third-order valence-electron chi connectivity index (χ3n) is 3.05. The van der Waals surface area contributed by atoms with Crippen LogP contribution in [0.5, 0.6) is 0 Å². The molecule has 0 aliphatic heterocycles. The fourth-order valence-corrected chi connectivity index (χ4v) is 1.92. The SMILES string of the molecule is CCCCN(CC(F)(F)F)C(=O)CCc1ccc(F)cc1. The largest absolute Gasteiger partial charge is 0.406 e. The van der Waals surface area contributed by atoms with Crippen LogP contribution in [0.25, 0.3) is 0 Å². The smallest absolute Gasteiger partial charge is 0.334 e. The normalized spacial score (nSPS) is 11.5. The number of hydrogen-bond donors (Lipinski definition) is 0. The second kappa shape index (κ2) is 8.00. The summed E-state index contributed by atoms with van der Waals surface area (Å²) in [5.74, 6) is -0.906. The van der Waals surface area contributed by atoms with Crippen LogP contribution < -0.4 is 0 Å².